The molecule has 6 nitrogen and oxygen atoms in total. The number of fused-ring (bicyclic) bond motifs is 1. The first kappa shape index (κ1) is 18.4. The quantitative estimate of drug-likeness (QED) is 0.542. The number of nitrogens with zero attached hydrogens (tertiary/aromatic N) is 2. The maximum Gasteiger partial charge on any atom is 0.228 e. The van der Waals surface area contributed by atoms with Crippen molar-refractivity contribution in [3.63, 3.8) is 0 Å². The van der Waals surface area contributed by atoms with Crippen LogP contribution in [0.1, 0.15) is 12.5 Å². The lowest BCUT2D eigenvalue weighted by Gasteiger charge is -2.09. The second kappa shape index (κ2) is 7.98. The Morgan fingerprint density at radius 2 is 1.52 bits per heavy atom. The first-order valence-electron chi connectivity index (χ1n) is 9.27. The first-order valence-corrected chi connectivity index (χ1v) is 9.27. The van der Waals surface area contributed by atoms with E-state index in [0.717, 1.165) is 28.0 Å². The van der Waals surface area contributed by atoms with Crippen LogP contribution in [0.15, 0.2) is 79.1 Å². The van der Waals surface area contributed by atoms with Gasteiger partial charge in [0.1, 0.15) is 6.33 Å². The SMILES string of the molecule is CC(=O)Nc1ccc(CC(=O)Nc2ccc(-n3cnc4ccccc43)cc2)cc1. The van der Waals surface area contributed by atoms with Gasteiger partial charge in [0.25, 0.3) is 0 Å². The summed E-state index contributed by atoms with van der Waals surface area (Å²) in [4.78, 5) is 27.8. The van der Waals surface area contributed by atoms with Crippen molar-refractivity contribution in [2.45, 2.75) is 13.3 Å². The molecule has 2 amide bonds. The van der Waals surface area contributed by atoms with Gasteiger partial charge in [0.15, 0.2) is 0 Å². The zero-order chi connectivity index (χ0) is 20.2. The van der Waals surface area contributed by atoms with Gasteiger partial charge in [-0.05, 0) is 54.1 Å². The Morgan fingerprint density at radius 1 is 0.862 bits per heavy atom. The molecule has 0 spiro atoms. The molecule has 0 bridgehead atoms. The smallest absolute Gasteiger partial charge is 0.228 e. The molecule has 6 heteroatoms. The molecule has 144 valence electrons. The fourth-order valence-corrected chi connectivity index (χ4v) is 3.17. The van der Waals surface area contributed by atoms with E-state index < -0.39 is 0 Å². The Hall–Kier alpha value is -3.93. The molecule has 4 rings (SSSR count). The average molecular weight is 384 g/mol. The van der Waals surface area contributed by atoms with E-state index in [1.165, 1.54) is 6.92 Å². The number of carbonyl (C=O) groups is 2. The summed E-state index contributed by atoms with van der Waals surface area (Å²) in [7, 11) is 0. The molecule has 29 heavy (non-hydrogen) atoms. The van der Waals surface area contributed by atoms with Crippen molar-refractivity contribution in [1.29, 1.82) is 0 Å². The maximum atomic E-state index is 12.3. The van der Waals surface area contributed by atoms with Crippen LogP contribution in [0.3, 0.4) is 0 Å². The number of benzene rings is 3. The summed E-state index contributed by atoms with van der Waals surface area (Å²) in [5, 5.41) is 5.62. The highest BCUT2D eigenvalue weighted by Gasteiger charge is 2.07. The molecule has 0 aliphatic carbocycles. The number of carbonyl (C=O) groups excluding carboxylic acids is 2. The fraction of sp³-hybridized carbons (Fsp3) is 0.0870. The van der Waals surface area contributed by atoms with Crippen molar-refractivity contribution >= 4 is 34.2 Å². The van der Waals surface area contributed by atoms with Gasteiger partial charge < -0.3 is 10.6 Å². The minimum Gasteiger partial charge on any atom is -0.326 e. The number of hydrogen-bond donors (Lipinski definition) is 2. The van der Waals surface area contributed by atoms with Crippen LogP contribution in [0.2, 0.25) is 0 Å². The van der Waals surface area contributed by atoms with Gasteiger partial charge in [-0.25, -0.2) is 4.98 Å². The summed E-state index contributed by atoms with van der Waals surface area (Å²) in [6, 6.07) is 22.8. The zero-order valence-corrected chi connectivity index (χ0v) is 15.9. The van der Waals surface area contributed by atoms with Gasteiger partial charge in [0, 0.05) is 24.0 Å². The number of rotatable bonds is 5. The van der Waals surface area contributed by atoms with Crippen LogP contribution in [0, 0.1) is 0 Å². The second-order valence-corrected chi connectivity index (χ2v) is 6.75. The molecule has 1 heterocycles. The van der Waals surface area contributed by atoms with Gasteiger partial charge in [0.2, 0.25) is 11.8 Å². The second-order valence-electron chi connectivity index (χ2n) is 6.75. The lowest BCUT2D eigenvalue weighted by atomic mass is 10.1. The third kappa shape index (κ3) is 4.32. The third-order valence-corrected chi connectivity index (χ3v) is 4.52. The summed E-state index contributed by atoms with van der Waals surface area (Å²) >= 11 is 0. The maximum absolute atomic E-state index is 12.3. The minimum absolute atomic E-state index is 0.0990. The third-order valence-electron chi connectivity index (χ3n) is 4.52. The number of imidazole rings is 1. The Morgan fingerprint density at radius 3 is 2.24 bits per heavy atom. The molecule has 0 aliphatic heterocycles. The Labute approximate surface area is 168 Å². The monoisotopic (exact) mass is 384 g/mol. The first-order chi connectivity index (χ1) is 14.1. The Balaban J connectivity index is 1.41. The van der Waals surface area contributed by atoms with Crippen molar-refractivity contribution in [3.8, 4) is 5.69 Å². The highest BCUT2D eigenvalue weighted by molar-refractivity contribution is 5.92. The van der Waals surface area contributed by atoms with E-state index in [9.17, 15) is 9.59 Å². The number of nitrogens with one attached hydrogen (secondary N) is 2. The predicted octanol–water partition coefficient (Wildman–Crippen LogP) is 4.17. The van der Waals surface area contributed by atoms with Crippen molar-refractivity contribution < 1.29 is 9.59 Å². The molecule has 4 aromatic rings. The van der Waals surface area contributed by atoms with Crippen LogP contribution in [-0.4, -0.2) is 21.4 Å². The van der Waals surface area contributed by atoms with Crippen LogP contribution in [0.5, 0.6) is 0 Å². The van der Waals surface area contributed by atoms with E-state index in [1.807, 2.05) is 65.2 Å². The fourth-order valence-electron chi connectivity index (χ4n) is 3.17. The van der Waals surface area contributed by atoms with Gasteiger partial charge in [-0.1, -0.05) is 24.3 Å². The van der Waals surface area contributed by atoms with Crippen LogP contribution in [0.25, 0.3) is 16.7 Å². The van der Waals surface area contributed by atoms with E-state index >= 15 is 0 Å². The molecule has 2 N–H and O–H groups in total. The average Bonchev–Trinajstić information content (AvgIpc) is 3.14. The summed E-state index contributed by atoms with van der Waals surface area (Å²) in [5.41, 5.74) is 5.27. The van der Waals surface area contributed by atoms with E-state index in [2.05, 4.69) is 15.6 Å². The summed E-state index contributed by atoms with van der Waals surface area (Å²) in [6.07, 6.45) is 2.05. The highest BCUT2D eigenvalue weighted by Crippen LogP contribution is 2.20. The number of anilines is 2. The molecule has 0 aliphatic rings. The van der Waals surface area contributed by atoms with Gasteiger partial charge >= 0.3 is 0 Å². The lowest BCUT2D eigenvalue weighted by Crippen LogP contribution is -2.14. The standard InChI is InChI=1S/C23H20N4O2/c1-16(28)25-18-8-6-17(7-9-18)14-23(29)26-19-10-12-20(13-11-19)27-15-24-21-4-2-3-5-22(21)27/h2-13,15H,14H2,1H3,(H,25,28)(H,26,29). The minimum atomic E-state index is -0.123. The highest BCUT2D eigenvalue weighted by atomic mass is 16.2. The number of amides is 2. The zero-order valence-electron chi connectivity index (χ0n) is 15.9. The molecular formula is C23H20N4O2. The molecule has 3 aromatic carbocycles. The van der Waals surface area contributed by atoms with E-state index in [1.54, 1.807) is 18.5 Å². The molecule has 0 unspecified atom stereocenters. The van der Waals surface area contributed by atoms with E-state index in [-0.39, 0.29) is 18.2 Å². The van der Waals surface area contributed by atoms with Crippen LogP contribution >= 0.6 is 0 Å². The molecule has 0 atom stereocenters. The summed E-state index contributed by atoms with van der Waals surface area (Å²) in [6.45, 7) is 1.46. The van der Waals surface area contributed by atoms with Gasteiger partial charge in [-0.3, -0.25) is 14.2 Å². The molecule has 0 fully saturated rings. The van der Waals surface area contributed by atoms with Gasteiger partial charge in [-0.2, -0.15) is 0 Å². The topological polar surface area (TPSA) is 76.0 Å². The molecule has 0 saturated carbocycles. The largest absolute Gasteiger partial charge is 0.326 e. The van der Waals surface area contributed by atoms with Crippen molar-refractivity contribution in [1.82, 2.24) is 9.55 Å². The van der Waals surface area contributed by atoms with Crippen molar-refractivity contribution in [3.05, 3.63) is 84.7 Å². The van der Waals surface area contributed by atoms with E-state index in [0.29, 0.717) is 5.69 Å². The van der Waals surface area contributed by atoms with Crippen LogP contribution in [-0.2, 0) is 16.0 Å². The lowest BCUT2D eigenvalue weighted by molar-refractivity contribution is -0.116. The predicted molar refractivity (Wildman–Crippen MR) is 114 cm³/mol. The van der Waals surface area contributed by atoms with Crippen molar-refractivity contribution in [2.75, 3.05) is 10.6 Å². The normalized spacial score (nSPS) is 10.7. The molecule has 1 aromatic heterocycles. The summed E-state index contributed by atoms with van der Waals surface area (Å²) in [5.74, 6) is -0.222. The number of para-hydroxylation sites is 2. The van der Waals surface area contributed by atoms with Gasteiger partial charge in [-0.15, -0.1) is 0 Å². The number of aromatic nitrogens is 2. The Kier molecular flexibility index (Phi) is 5.07. The van der Waals surface area contributed by atoms with Gasteiger partial charge in [0.05, 0.1) is 17.5 Å². The molecule has 0 saturated heterocycles. The van der Waals surface area contributed by atoms with Crippen LogP contribution in [0.4, 0.5) is 11.4 Å². The molecule has 0 radical (unpaired) electrons. The molecular weight excluding hydrogens is 364 g/mol. The van der Waals surface area contributed by atoms with E-state index in [4.69, 9.17) is 0 Å². The van der Waals surface area contributed by atoms with Crippen molar-refractivity contribution in [2.24, 2.45) is 0 Å². The number of hydrogen-bond acceptors (Lipinski definition) is 3. The Bertz CT molecular complexity index is 1160. The van der Waals surface area contributed by atoms with Crippen LogP contribution < -0.4 is 10.6 Å². The summed E-state index contributed by atoms with van der Waals surface area (Å²) < 4.78 is 2.01.